The van der Waals surface area contributed by atoms with Crippen LogP contribution < -0.4 is 0 Å². The first kappa shape index (κ1) is 23.0. The highest BCUT2D eigenvalue weighted by molar-refractivity contribution is 5.87. The largest absolute Gasteiger partial charge is 0.442 e. The van der Waals surface area contributed by atoms with Gasteiger partial charge in [-0.3, -0.25) is 0 Å². The summed E-state index contributed by atoms with van der Waals surface area (Å²) in [5, 5.41) is 0. The zero-order valence-electron chi connectivity index (χ0n) is 19.2. The van der Waals surface area contributed by atoms with Gasteiger partial charge in [0, 0.05) is 17.9 Å². The number of hydrogen-bond acceptors (Lipinski definition) is 4. The fraction of sp³-hybridized carbons (Fsp3) is 0.792. The molecule has 0 aromatic heterocycles. The highest BCUT2D eigenvalue weighted by atomic mass is 17.2. The maximum atomic E-state index is 12.4. The highest BCUT2D eigenvalue weighted by Gasteiger charge is 2.63. The molecule has 2 rings (SSSR count). The summed E-state index contributed by atoms with van der Waals surface area (Å²) in [6.45, 7) is 22.1. The van der Waals surface area contributed by atoms with Gasteiger partial charge < -0.3 is 4.74 Å². The zero-order valence-corrected chi connectivity index (χ0v) is 19.2. The van der Waals surface area contributed by atoms with Crippen molar-refractivity contribution >= 4 is 5.97 Å². The van der Waals surface area contributed by atoms with E-state index in [-0.39, 0.29) is 22.9 Å². The molecule has 0 N–H and O–H groups in total. The van der Waals surface area contributed by atoms with Gasteiger partial charge in [0.15, 0.2) is 11.2 Å². The van der Waals surface area contributed by atoms with Crippen molar-refractivity contribution in [3.05, 3.63) is 12.2 Å². The lowest BCUT2D eigenvalue weighted by Gasteiger charge is -2.44. The van der Waals surface area contributed by atoms with E-state index in [0.717, 1.165) is 19.3 Å². The fourth-order valence-electron chi connectivity index (χ4n) is 4.25. The smallest absolute Gasteiger partial charge is 0.334 e. The molecule has 0 aliphatic heterocycles. The minimum Gasteiger partial charge on any atom is -0.442 e. The van der Waals surface area contributed by atoms with E-state index in [9.17, 15) is 4.79 Å². The Kier molecular flexibility index (Phi) is 6.16. The Morgan fingerprint density at radius 1 is 1.21 bits per heavy atom. The van der Waals surface area contributed by atoms with Crippen LogP contribution >= 0.6 is 0 Å². The number of fused-ring (bicyclic) bond motifs is 2. The molecule has 2 aliphatic rings. The third-order valence-electron chi connectivity index (χ3n) is 7.04. The summed E-state index contributed by atoms with van der Waals surface area (Å²) < 4.78 is 6.01. The lowest BCUT2D eigenvalue weighted by atomic mass is 9.64. The minimum atomic E-state index is -0.810. The molecular weight excluding hydrogens is 352 g/mol. The Labute approximate surface area is 171 Å². The second kappa shape index (κ2) is 7.50. The maximum Gasteiger partial charge on any atom is 0.334 e. The normalized spacial score (nSPS) is 31.2. The molecule has 0 aromatic rings. The summed E-state index contributed by atoms with van der Waals surface area (Å²) in [7, 11) is 0. The number of esters is 1. The van der Waals surface area contributed by atoms with Crippen LogP contribution in [0.4, 0.5) is 0 Å². The Morgan fingerprint density at radius 3 is 2.29 bits per heavy atom. The monoisotopic (exact) mass is 390 g/mol. The summed E-state index contributed by atoms with van der Waals surface area (Å²) >= 11 is 0. The molecule has 0 radical (unpaired) electrons. The van der Waals surface area contributed by atoms with Gasteiger partial charge in [-0.2, -0.15) is 0 Å². The average Bonchev–Trinajstić information content (AvgIpc) is 3.07. The van der Waals surface area contributed by atoms with E-state index in [4.69, 9.17) is 14.5 Å². The van der Waals surface area contributed by atoms with Crippen molar-refractivity contribution < 1.29 is 19.3 Å². The molecule has 4 heteroatoms. The van der Waals surface area contributed by atoms with Crippen LogP contribution in [0.2, 0.25) is 0 Å². The number of carbonyl (C=O) groups excluding carboxylic acids is 1. The number of carbonyl (C=O) groups is 1. The summed E-state index contributed by atoms with van der Waals surface area (Å²) in [6, 6.07) is 0. The quantitative estimate of drug-likeness (QED) is 0.198. The van der Waals surface area contributed by atoms with E-state index in [1.807, 2.05) is 34.6 Å². The van der Waals surface area contributed by atoms with Crippen molar-refractivity contribution in [2.45, 2.75) is 98.4 Å². The molecule has 28 heavy (non-hydrogen) atoms. The van der Waals surface area contributed by atoms with E-state index in [1.54, 1.807) is 6.92 Å². The SMILES string of the molecule is C=C(C)C(=O)OC1(C#CC(C)(C)OOC(C)(C)CC)CC2CC1C(C)C2(C)C. The van der Waals surface area contributed by atoms with Crippen molar-refractivity contribution in [3.8, 4) is 11.8 Å². The zero-order chi connectivity index (χ0) is 21.5. The van der Waals surface area contributed by atoms with Gasteiger partial charge in [-0.05, 0) is 64.7 Å². The predicted molar refractivity (Wildman–Crippen MR) is 111 cm³/mol. The summed E-state index contributed by atoms with van der Waals surface area (Å²) in [5.74, 6) is 7.30. The van der Waals surface area contributed by atoms with Crippen LogP contribution in [0.5, 0.6) is 0 Å². The van der Waals surface area contributed by atoms with Gasteiger partial charge in [-0.15, -0.1) is 0 Å². The number of rotatable bonds is 6. The first-order valence-electron chi connectivity index (χ1n) is 10.5. The minimum absolute atomic E-state index is 0.215. The van der Waals surface area contributed by atoms with Crippen molar-refractivity contribution in [1.29, 1.82) is 0 Å². The summed E-state index contributed by atoms with van der Waals surface area (Å²) in [6.07, 6.45) is 2.62. The molecule has 4 atom stereocenters. The molecule has 0 saturated heterocycles. The molecule has 0 amide bonds. The van der Waals surface area contributed by atoms with Crippen LogP contribution in [0.3, 0.4) is 0 Å². The third-order valence-corrected chi connectivity index (χ3v) is 7.04. The Balaban J connectivity index is 2.30. The van der Waals surface area contributed by atoms with E-state index >= 15 is 0 Å². The standard InChI is InChI=1S/C24H38O4/c1-11-21(5,6)27-28-22(7,8)12-13-24(26-20(25)16(2)3)15-18-14-19(24)17(4)23(18,9)10/h17-19H,2,11,14-15H2,1,3-10H3. The number of hydrogen-bond donors (Lipinski definition) is 0. The molecule has 2 saturated carbocycles. The average molecular weight is 391 g/mol. The molecule has 158 valence electrons. The third kappa shape index (κ3) is 4.47. The van der Waals surface area contributed by atoms with Gasteiger partial charge in [0.25, 0.3) is 0 Å². The summed E-state index contributed by atoms with van der Waals surface area (Å²) in [5.41, 5.74) is -1.34. The molecule has 2 fully saturated rings. The van der Waals surface area contributed by atoms with Gasteiger partial charge in [0.05, 0.1) is 5.60 Å². The molecule has 4 nitrogen and oxygen atoms in total. The topological polar surface area (TPSA) is 44.8 Å². The van der Waals surface area contributed by atoms with E-state index in [0.29, 0.717) is 17.4 Å². The van der Waals surface area contributed by atoms with Gasteiger partial charge in [0.2, 0.25) is 0 Å². The highest BCUT2D eigenvalue weighted by Crippen LogP contribution is 2.63. The lowest BCUT2D eigenvalue weighted by Crippen LogP contribution is -2.47. The van der Waals surface area contributed by atoms with Crippen LogP contribution in [0.25, 0.3) is 0 Å². The molecule has 0 heterocycles. The van der Waals surface area contributed by atoms with Crippen LogP contribution in [0.15, 0.2) is 12.2 Å². The molecule has 2 bridgehead atoms. The van der Waals surface area contributed by atoms with Crippen molar-refractivity contribution in [3.63, 3.8) is 0 Å². The van der Waals surface area contributed by atoms with Gasteiger partial charge in [0.1, 0.15) is 0 Å². The fourth-order valence-corrected chi connectivity index (χ4v) is 4.25. The second-order valence-electron chi connectivity index (χ2n) is 10.5. The Morgan fingerprint density at radius 2 is 1.82 bits per heavy atom. The van der Waals surface area contributed by atoms with Crippen LogP contribution in [-0.2, 0) is 19.3 Å². The van der Waals surface area contributed by atoms with Gasteiger partial charge in [-0.25, -0.2) is 14.6 Å². The van der Waals surface area contributed by atoms with E-state index in [2.05, 4.69) is 39.2 Å². The van der Waals surface area contributed by atoms with Crippen LogP contribution in [-0.4, -0.2) is 22.8 Å². The first-order valence-corrected chi connectivity index (χ1v) is 10.5. The first-order chi connectivity index (χ1) is 12.7. The predicted octanol–water partition coefficient (Wildman–Crippen LogP) is 5.47. The van der Waals surface area contributed by atoms with Crippen LogP contribution in [0, 0.1) is 35.0 Å². The molecule has 4 unspecified atom stereocenters. The molecule has 0 spiro atoms. The summed E-state index contributed by atoms with van der Waals surface area (Å²) in [4.78, 5) is 23.7. The van der Waals surface area contributed by atoms with Gasteiger partial charge >= 0.3 is 5.97 Å². The second-order valence-corrected chi connectivity index (χ2v) is 10.5. The van der Waals surface area contributed by atoms with Crippen molar-refractivity contribution in [2.75, 3.05) is 0 Å². The van der Waals surface area contributed by atoms with Crippen molar-refractivity contribution in [2.24, 2.45) is 23.2 Å². The molecule has 0 aromatic carbocycles. The molecule has 2 aliphatic carbocycles. The Bertz CT molecular complexity index is 687. The lowest BCUT2D eigenvalue weighted by molar-refractivity contribution is -0.388. The Hall–Kier alpha value is -1.31. The van der Waals surface area contributed by atoms with Crippen LogP contribution in [0.1, 0.15) is 81.6 Å². The number of ether oxygens (including phenoxy) is 1. The van der Waals surface area contributed by atoms with Gasteiger partial charge in [-0.1, -0.05) is 46.1 Å². The van der Waals surface area contributed by atoms with Crippen molar-refractivity contribution in [1.82, 2.24) is 0 Å². The van der Waals surface area contributed by atoms with E-state index in [1.165, 1.54) is 0 Å². The van der Waals surface area contributed by atoms with E-state index < -0.39 is 11.2 Å². The maximum absolute atomic E-state index is 12.4. The molecular formula is C24H38O4.